The van der Waals surface area contributed by atoms with Crippen molar-refractivity contribution in [3.05, 3.63) is 24.8 Å². The molecule has 4 heteroatoms. The zero-order valence-electron chi connectivity index (χ0n) is 10.7. The highest BCUT2D eigenvalue weighted by molar-refractivity contribution is 6.00. The minimum absolute atomic E-state index is 0.222. The molecule has 4 nitrogen and oxygen atoms in total. The molecule has 0 rings (SSSR count). The maximum absolute atomic E-state index is 11.9. The van der Waals surface area contributed by atoms with Gasteiger partial charge in [-0.2, -0.15) is 0 Å². The second-order valence-electron chi connectivity index (χ2n) is 4.03. The smallest absolute Gasteiger partial charge is 0.323 e. The third-order valence-electron chi connectivity index (χ3n) is 2.53. The molecule has 0 saturated carbocycles. The van der Waals surface area contributed by atoms with Crippen LogP contribution < -0.4 is 0 Å². The van der Waals surface area contributed by atoms with Crippen LogP contribution in [0.1, 0.15) is 26.2 Å². The Labute approximate surface area is 102 Å². The number of carbonyl (C=O) groups excluding carboxylic acids is 2. The van der Waals surface area contributed by atoms with Crippen molar-refractivity contribution in [2.24, 2.45) is 5.41 Å². The Morgan fingerprint density at radius 2 is 1.71 bits per heavy atom. The van der Waals surface area contributed by atoms with Gasteiger partial charge in [0.1, 0.15) is 0 Å². The summed E-state index contributed by atoms with van der Waals surface area (Å²) in [6, 6.07) is 0. The van der Waals surface area contributed by atoms with Crippen LogP contribution in [-0.2, 0) is 19.1 Å². The number of esters is 2. The Morgan fingerprint density at radius 1 is 1.24 bits per heavy atom. The Kier molecular flexibility index (Phi) is 6.25. The lowest BCUT2D eigenvalue weighted by Gasteiger charge is -2.27. The molecule has 0 heterocycles. The summed E-state index contributed by atoms with van der Waals surface area (Å²) in [4.78, 5) is 23.8. The van der Waals surface area contributed by atoms with Gasteiger partial charge in [-0.25, -0.2) is 0 Å². The standard InChI is InChI=1S/C13H20O4/c1-6-7-8-13(9-10(2)3,11(14)16-4)12(15)17-5/h6H,1-2,7-9H2,3-5H3. The molecule has 0 amide bonds. The van der Waals surface area contributed by atoms with Crippen LogP contribution in [0.15, 0.2) is 24.8 Å². The van der Waals surface area contributed by atoms with Crippen molar-refractivity contribution in [1.29, 1.82) is 0 Å². The molecule has 0 fully saturated rings. The first-order valence-electron chi connectivity index (χ1n) is 5.36. The van der Waals surface area contributed by atoms with E-state index in [0.717, 1.165) is 5.57 Å². The molecule has 0 aromatic rings. The number of rotatable bonds is 7. The van der Waals surface area contributed by atoms with Gasteiger partial charge in [-0.3, -0.25) is 9.59 Å². The van der Waals surface area contributed by atoms with Gasteiger partial charge in [-0.1, -0.05) is 11.6 Å². The second kappa shape index (κ2) is 6.89. The third kappa shape index (κ3) is 3.73. The van der Waals surface area contributed by atoms with Crippen molar-refractivity contribution in [3.63, 3.8) is 0 Å². The molecule has 0 unspecified atom stereocenters. The maximum Gasteiger partial charge on any atom is 0.323 e. The van der Waals surface area contributed by atoms with Gasteiger partial charge in [-0.15, -0.1) is 13.2 Å². The van der Waals surface area contributed by atoms with Crippen molar-refractivity contribution in [2.75, 3.05) is 14.2 Å². The quantitative estimate of drug-likeness (QED) is 0.389. The molecule has 0 saturated heterocycles. The molecule has 0 bridgehead atoms. The molecule has 0 N–H and O–H groups in total. The van der Waals surface area contributed by atoms with Crippen LogP contribution in [0, 0.1) is 5.41 Å². The van der Waals surface area contributed by atoms with Crippen molar-refractivity contribution >= 4 is 11.9 Å². The summed E-state index contributed by atoms with van der Waals surface area (Å²) in [5, 5.41) is 0. The van der Waals surface area contributed by atoms with E-state index in [1.54, 1.807) is 13.0 Å². The first-order chi connectivity index (χ1) is 7.94. The summed E-state index contributed by atoms with van der Waals surface area (Å²) in [6.07, 6.45) is 2.71. The summed E-state index contributed by atoms with van der Waals surface area (Å²) in [5.74, 6) is -1.18. The molecular weight excluding hydrogens is 220 g/mol. The number of hydrogen-bond donors (Lipinski definition) is 0. The fourth-order valence-corrected chi connectivity index (χ4v) is 1.77. The minimum Gasteiger partial charge on any atom is -0.468 e. The average Bonchev–Trinajstić information content (AvgIpc) is 2.31. The predicted molar refractivity (Wildman–Crippen MR) is 65.3 cm³/mol. The number of hydrogen-bond acceptors (Lipinski definition) is 4. The van der Waals surface area contributed by atoms with Crippen molar-refractivity contribution < 1.29 is 19.1 Å². The average molecular weight is 240 g/mol. The van der Waals surface area contributed by atoms with Gasteiger partial charge in [0.05, 0.1) is 14.2 Å². The molecule has 0 aliphatic carbocycles. The molecule has 0 atom stereocenters. The summed E-state index contributed by atoms with van der Waals surface area (Å²) in [5.41, 5.74) is -0.575. The van der Waals surface area contributed by atoms with Crippen LogP contribution in [-0.4, -0.2) is 26.2 Å². The van der Waals surface area contributed by atoms with Crippen LogP contribution in [0.2, 0.25) is 0 Å². The minimum atomic E-state index is -1.30. The Bertz CT molecular complexity index is 301. The lowest BCUT2D eigenvalue weighted by molar-refractivity contribution is -0.169. The fourth-order valence-electron chi connectivity index (χ4n) is 1.77. The summed E-state index contributed by atoms with van der Waals surface area (Å²) >= 11 is 0. The van der Waals surface area contributed by atoms with E-state index in [1.165, 1.54) is 14.2 Å². The Balaban J connectivity index is 5.33. The van der Waals surface area contributed by atoms with Crippen LogP contribution in [0.25, 0.3) is 0 Å². The van der Waals surface area contributed by atoms with Crippen LogP contribution in [0.5, 0.6) is 0 Å². The molecule has 0 aromatic carbocycles. The summed E-state index contributed by atoms with van der Waals surface area (Å²) in [7, 11) is 2.51. The van der Waals surface area contributed by atoms with Crippen LogP contribution in [0.3, 0.4) is 0 Å². The van der Waals surface area contributed by atoms with E-state index < -0.39 is 17.4 Å². The monoisotopic (exact) mass is 240 g/mol. The van der Waals surface area contributed by atoms with E-state index in [1.807, 2.05) is 0 Å². The Hall–Kier alpha value is -1.58. The van der Waals surface area contributed by atoms with E-state index >= 15 is 0 Å². The predicted octanol–water partition coefficient (Wildman–Crippen LogP) is 2.25. The van der Waals surface area contributed by atoms with E-state index in [-0.39, 0.29) is 6.42 Å². The molecule has 0 radical (unpaired) electrons. The molecule has 0 aromatic heterocycles. The number of methoxy groups -OCH3 is 2. The van der Waals surface area contributed by atoms with Gasteiger partial charge in [-0.05, 0) is 26.2 Å². The second-order valence-corrected chi connectivity index (χ2v) is 4.03. The first-order valence-corrected chi connectivity index (χ1v) is 5.36. The molecule has 0 aliphatic heterocycles. The highest BCUT2D eigenvalue weighted by Crippen LogP contribution is 2.34. The SMILES string of the molecule is C=CCCC(CC(=C)C)(C(=O)OC)C(=O)OC. The number of carbonyl (C=O) groups is 2. The fraction of sp³-hybridized carbons (Fsp3) is 0.538. The largest absolute Gasteiger partial charge is 0.468 e. The number of allylic oxidation sites excluding steroid dienone is 2. The highest BCUT2D eigenvalue weighted by Gasteiger charge is 2.47. The number of ether oxygens (including phenoxy) is 2. The van der Waals surface area contributed by atoms with Gasteiger partial charge < -0.3 is 9.47 Å². The lowest BCUT2D eigenvalue weighted by atomic mass is 9.78. The normalized spacial score (nSPS) is 10.5. The zero-order chi connectivity index (χ0) is 13.5. The first kappa shape index (κ1) is 15.4. The van der Waals surface area contributed by atoms with E-state index in [4.69, 9.17) is 9.47 Å². The van der Waals surface area contributed by atoms with E-state index in [2.05, 4.69) is 13.2 Å². The maximum atomic E-state index is 11.9. The molecule has 96 valence electrons. The van der Waals surface area contributed by atoms with Crippen LogP contribution in [0.4, 0.5) is 0 Å². The Morgan fingerprint density at radius 3 is 2.00 bits per heavy atom. The third-order valence-corrected chi connectivity index (χ3v) is 2.53. The van der Waals surface area contributed by atoms with Crippen molar-refractivity contribution in [1.82, 2.24) is 0 Å². The van der Waals surface area contributed by atoms with Crippen molar-refractivity contribution in [2.45, 2.75) is 26.2 Å². The van der Waals surface area contributed by atoms with Crippen LogP contribution >= 0.6 is 0 Å². The van der Waals surface area contributed by atoms with Gasteiger partial charge in [0.2, 0.25) is 0 Å². The summed E-state index contributed by atoms with van der Waals surface area (Å²) < 4.78 is 9.44. The topological polar surface area (TPSA) is 52.6 Å². The van der Waals surface area contributed by atoms with Gasteiger partial charge >= 0.3 is 11.9 Å². The van der Waals surface area contributed by atoms with Crippen molar-refractivity contribution in [3.8, 4) is 0 Å². The summed E-state index contributed by atoms with van der Waals surface area (Å²) in [6.45, 7) is 9.09. The lowest BCUT2D eigenvalue weighted by Crippen LogP contribution is -2.41. The zero-order valence-corrected chi connectivity index (χ0v) is 10.7. The highest BCUT2D eigenvalue weighted by atomic mass is 16.5. The van der Waals surface area contributed by atoms with Gasteiger partial charge in [0.15, 0.2) is 5.41 Å². The van der Waals surface area contributed by atoms with Gasteiger partial charge in [0.25, 0.3) is 0 Å². The molecule has 0 spiro atoms. The molecule has 17 heavy (non-hydrogen) atoms. The molecule has 0 aliphatic rings. The molecular formula is C13H20O4. The van der Waals surface area contributed by atoms with Gasteiger partial charge in [0, 0.05) is 0 Å². The van der Waals surface area contributed by atoms with E-state index in [9.17, 15) is 9.59 Å². The van der Waals surface area contributed by atoms with E-state index in [0.29, 0.717) is 12.8 Å².